The number of ketones is 2. The van der Waals surface area contributed by atoms with Gasteiger partial charge in [0, 0.05) is 23.7 Å². The van der Waals surface area contributed by atoms with Crippen LogP contribution in [-0.2, 0) is 9.59 Å². The summed E-state index contributed by atoms with van der Waals surface area (Å²) in [5, 5.41) is 49.7. The van der Waals surface area contributed by atoms with Crippen LogP contribution in [0, 0.1) is 34.5 Å². The zero-order valence-corrected chi connectivity index (χ0v) is 16.0. The topological polar surface area (TPSA) is 135 Å². The molecule has 154 valence electrons. The third kappa shape index (κ3) is 3.17. The van der Waals surface area contributed by atoms with E-state index in [4.69, 9.17) is 0 Å². The summed E-state index contributed by atoms with van der Waals surface area (Å²) in [6.45, 7) is 3.10. The van der Waals surface area contributed by atoms with E-state index in [2.05, 4.69) is 0 Å². The molecule has 3 aliphatic carbocycles. The van der Waals surface area contributed by atoms with E-state index in [0.717, 1.165) is 0 Å². The smallest absolute Gasteiger partial charge is 0.163 e. The minimum Gasteiger partial charge on any atom is -0.393 e. The highest BCUT2D eigenvalue weighted by molar-refractivity contribution is 5.86. The van der Waals surface area contributed by atoms with Gasteiger partial charge in [0.25, 0.3) is 0 Å². The molecule has 0 bridgehead atoms. The highest BCUT2D eigenvalue weighted by atomic mass is 16.5. The average Bonchev–Trinajstić information content (AvgIpc) is 2.87. The molecule has 8 unspecified atom stereocenters. The Kier molecular flexibility index (Phi) is 5.56. The van der Waals surface area contributed by atoms with Gasteiger partial charge in [-0.3, -0.25) is 9.59 Å². The van der Waals surface area contributed by atoms with E-state index in [0.29, 0.717) is 25.7 Å². The molecule has 0 aliphatic heterocycles. The molecule has 0 radical (unpaired) electrons. The first kappa shape index (κ1) is 20.9. The van der Waals surface area contributed by atoms with Crippen LogP contribution >= 0.6 is 0 Å². The van der Waals surface area contributed by atoms with Crippen LogP contribution in [0.25, 0.3) is 0 Å². The lowest BCUT2D eigenvalue weighted by molar-refractivity contribution is -0.171. The maximum absolute atomic E-state index is 12.8. The Bertz CT molecular complexity index is 605. The fraction of sp³-hybridized carbons (Fsp3) is 0.900. The van der Waals surface area contributed by atoms with Crippen molar-refractivity contribution < 1.29 is 35.1 Å². The molecular formula is C20H32O7. The molecule has 0 spiro atoms. The van der Waals surface area contributed by atoms with Gasteiger partial charge in [-0.1, -0.05) is 13.8 Å². The van der Waals surface area contributed by atoms with Gasteiger partial charge in [0.1, 0.15) is 12.4 Å². The predicted molar refractivity (Wildman–Crippen MR) is 95.2 cm³/mol. The van der Waals surface area contributed by atoms with Gasteiger partial charge in [0.2, 0.25) is 0 Å². The van der Waals surface area contributed by atoms with Gasteiger partial charge >= 0.3 is 0 Å². The molecule has 3 aliphatic rings. The fourth-order valence-corrected chi connectivity index (χ4v) is 6.61. The largest absolute Gasteiger partial charge is 0.393 e. The second-order valence-corrected chi connectivity index (χ2v) is 9.38. The van der Waals surface area contributed by atoms with Crippen LogP contribution in [0.4, 0.5) is 0 Å². The van der Waals surface area contributed by atoms with Crippen molar-refractivity contribution >= 4 is 11.6 Å². The first-order valence-electron chi connectivity index (χ1n) is 9.95. The zero-order chi connectivity index (χ0) is 20.1. The van der Waals surface area contributed by atoms with Crippen LogP contribution in [0.1, 0.15) is 52.4 Å². The number of fused-ring (bicyclic) bond motifs is 3. The molecule has 0 saturated heterocycles. The number of hydrogen-bond acceptors (Lipinski definition) is 7. The van der Waals surface area contributed by atoms with Crippen molar-refractivity contribution in [3.8, 4) is 0 Å². The molecule has 3 fully saturated rings. The van der Waals surface area contributed by atoms with Crippen LogP contribution in [0.5, 0.6) is 0 Å². The Morgan fingerprint density at radius 2 is 1.93 bits per heavy atom. The molecule has 27 heavy (non-hydrogen) atoms. The van der Waals surface area contributed by atoms with Crippen LogP contribution in [-0.4, -0.2) is 62.2 Å². The van der Waals surface area contributed by atoms with Gasteiger partial charge in [-0.25, -0.2) is 0 Å². The van der Waals surface area contributed by atoms with Crippen molar-refractivity contribution in [1.82, 2.24) is 0 Å². The van der Waals surface area contributed by atoms with Crippen LogP contribution in [0.15, 0.2) is 0 Å². The molecule has 0 heterocycles. The summed E-state index contributed by atoms with van der Waals surface area (Å²) in [7, 11) is 0. The Morgan fingerprint density at radius 3 is 2.52 bits per heavy atom. The molecule has 5 N–H and O–H groups in total. The number of rotatable bonds is 5. The van der Waals surface area contributed by atoms with E-state index in [1.165, 1.54) is 0 Å². The molecule has 0 aromatic heterocycles. The van der Waals surface area contributed by atoms with E-state index in [-0.39, 0.29) is 42.2 Å². The molecular weight excluding hydrogens is 352 g/mol. The molecule has 0 amide bonds. The van der Waals surface area contributed by atoms with Crippen molar-refractivity contribution in [2.24, 2.45) is 34.5 Å². The minimum absolute atomic E-state index is 0.0205. The minimum atomic E-state index is -1.50. The summed E-state index contributed by atoms with van der Waals surface area (Å²) in [5.41, 5.74) is -1.48. The average molecular weight is 384 g/mol. The molecule has 8 atom stereocenters. The highest BCUT2D eigenvalue weighted by Gasteiger charge is 2.65. The quantitative estimate of drug-likeness (QED) is 0.421. The first-order chi connectivity index (χ1) is 12.6. The SMILES string of the molecule is CC1(CCC(O)O)C(=O)CCC2C1C(O)CC1(C)C(O)C(C(=O)CO)CC21. The van der Waals surface area contributed by atoms with Crippen LogP contribution in [0.2, 0.25) is 0 Å². The summed E-state index contributed by atoms with van der Waals surface area (Å²) in [5.74, 6) is -1.35. The highest BCUT2D eigenvalue weighted by Crippen LogP contribution is 2.64. The predicted octanol–water partition coefficient (Wildman–Crippen LogP) is 0.00820. The Labute approximate surface area is 159 Å². The van der Waals surface area contributed by atoms with Crippen LogP contribution < -0.4 is 0 Å². The molecule has 0 aromatic rings. The Hall–Kier alpha value is -0.860. The maximum Gasteiger partial charge on any atom is 0.163 e. The maximum atomic E-state index is 12.8. The molecule has 7 nitrogen and oxygen atoms in total. The molecule has 3 saturated carbocycles. The fourth-order valence-electron chi connectivity index (χ4n) is 6.61. The summed E-state index contributed by atoms with van der Waals surface area (Å²) in [6, 6.07) is 0. The lowest BCUT2D eigenvalue weighted by atomic mass is 9.48. The van der Waals surface area contributed by atoms with Gasteiger partial charge in [0.05, 0.1) is 12.2 Å². The number of aliphatic hydroxyl groups excluding tert-OH is 4. The van der Waals surface area contributed by atoms with E-state index in [9.17, 15) is 35.1 Å². The van der Waals surface area contributed by atoms with E-state index in [1.807, 2.05) is 13.8 Å². The number of carbonyl (C=O) groups excluding carboxylic acids is 2. The van der Waals surface area contributed by atoms with Crippen molar-refractivity contribution in [3.63, 3.8) is 0 Å². The standard InChI is InChI=1S/C20H32O7/c1-19(6-5-16(25)26)15(24)4-3-10-12-7-11(14(23)9-21)18(27)20(12,2)8-13(22)17(10)19/h10-13,16-18,21-22,25-27H,3-9H2,1-2H3. The van der Waals surface area contributed by atoms with Gasteiger partial charge in [-0.05, 0) is 49.4 Å². The number of carbonyl (C=O) groups is 2. The molecule has 3 rings (SSSR count). The summed E-state index contributed by atoms with van der Waals surface area (Å²) in [4.78, 5) is 24.9. The van der Waals surface area contributed by atoms with E-state index >= 15 is 0 Å². The van der Waals surface area contributed by atoms with Crippen molar-refractivity contribution in [2.45, 2.75) is 70.9 Å². The summed E-state index contributed by atoms with van der Waals surface area (Å²) >= 11 is 0. The lowest BCUT2D eigenvalue weighted by Crippen LogP contribution is -2.58. The monoisotopic (exact) mass is 384 g/mol. The van der Waals surface area contributed by atoms with Gasteiger partial charge in [-0.2, -0.15) is 0 Å². The lowest BCUT2D eigenvalue weighted by Gasteiger charge is -2.57. The van der Waals surface area contributed by atoms with E-state index in [1.54, 1.807) is 0 Å². The Balaban J connectivity index is 1.94. The number of hydrogen-bond donors (Lipinski definition) is 5. The third-order valence-electron chi connectivity index (χ3n) is 8.02. The summed E-state index contributed by atoms with van der Waals surface area (Å²) in [6.07, 6.45) is -1.17. The second kappa shape index (κ2) is 7.19. The molecule has 7 heteroatoms. The van der Waals surface area contributed by atoms with E-state index < -0.39 is 41.9 Å². The number of aliphatic hydroxyl groups is 5. The zero-order valence-electron chi connectivity index (χ0n) is 16.0. The summed E-state index contributed by atoms with van der Waals surface area (Å²) < 4.78 is 0. The second-order valence-electron chi connectivity index (χ2n) is 9.38. The normalized spacial score (nSPS) is 47.0. The van der Waals surface area contributed by atoms with Gasteiger partial charge < -0.3 is 25.5 Å². The van der Waals surface area contributed by atoms with Crippen molar-refractivity contribution in [2.75, 3.05) is 6.61 Å². The van der Waals surface area contributed by atoms with Gasteiger partial charge in [-0.15, -0.1) is 0 Å². The molecule has 0 aromatic carbocycles. The van der Waals surface area contributed by atoms with Crippen molar-refractivity contribution in [1.29, 1.82) is 0 Å². The number of Topliss-reactive ketones (excluding diaryl/α,β-unsaturated/α-hetero) is 2. The van der Waals surface area contributed by atoms with Crippen LogP contribution in [0.3, 0.4) is 0 Å². The first-order valence-corrected chi connectivity index (χ1v) is 9.95. The van der Waals surface area contributed by atoms with Crippen molar-refractivity contribution in [3.05, 3.63) is 0 Å². The Morgan fingerprint density at radius 1 is 1.26 bits per heavy atom. The van der Waals surface area contributed by atoms with Gasteiger partial charge in [0.15, 0.2) is 12.1 Å². The third-order valence-corrected chi connectivity index (χ3v) is 8.02.